The molecule has 104 valence electrons. The molecule has 0 aromatic carbocycles. The summed E-state index contributed by atoms with van der Waals surface area (Å²) in [6.07, 6.45) is 7.17. The maximum Gasteiger partial charge on any atom is 0.129 e. The van der Waals surface area contributed by atoms with Gasteiger partial charge in [0.15, 0.2) is 0 Å². The molecule has 0 bridgehead atoms. The average molecular weight is 261 g/mol. The van der Waals surface area contributed by atoms with Crippen LogP contribution in [-0.2, 0) is 11.3 Å². The van der Waals surface area contributed by atoms with Crippen molar-refractivity contribution in [3.63, 3.8) is 0 Å². The number of ether oxygens (including phenoxy) is 1. The second-order valence-electron chi connectivity index (χ2n) is 5.59. The molecule has 1 N–H and O–H groups in total. The van der Waals surface area contributed by atoms with Crippen LogP contribution < -0.4 is 10.2 Å². The van der Waals surface area contributed by atoms with Crippen molar-refractivity contribution < 1.29 is 4.74 Å². The van der Waals surface area contributed by atoms with E-state index in [9.17, 15) is 0 Å². The van der Waals surface area contributed by atoms with Crippen LogP contribution in [0.25, 0.3) is 0 Å². The Kier molecular flexibility index (Phi) is 3.99. The van der Waals surface area contributed by atoms with E-state index >= 15 is 0 Å². The van der Waals surface area contributed by atoms with Crippen molar-refractivity contribution in [1.82, 2.24) is 10.3 Å². The lowest BCUT2D eigenvalue weighted by molar-refractivity contribution is 0.204. The molecule has 3 rings (SSSR count). The summed E-state index contributed by atoms with van der Waals surface area (Å²) in [6, 6.07) is 5.77. The Morgan fingerprint density at radius 1 is 1.37 bits per heavy atom. The van der Waals surface area contributed by atoms with E-state index in [4.69, 9.17) is 4.74 Å². The van der Waals surface area contributed by atoms with Crippen LogP contribution in [0.3, 0.4) is 0 Å². The molecule has 0 saturated heterocycles. The molecule has 0 amide bonds. The van der Waals surface area contributed by atoms with Gasteiger partial charge in [-0.25, -0.2) is 4.98 Å². The first-order valence-corrected chi connectivity index (χ1v) is 7.30. The highest BCUT2D eigenvalue weighted by Crippen LogP contribution is 2.30. The van der Waals surface area contributed by atoms with Gasteiger partial charge in [0.05, 0.1) is 6.61 Å². The summed E-state index contributed by atoms with van der Waals surface area (Å²) in [5, 5.41) is 3.56. The second-order valence-corrected chi connectivity index (χ2v) is 5.59. The van der Waals surface area contributed by atoms with E-state index in [0.29, 0.717) is 6.04 Å². The predicted octanol–water partition coefficient (Wildman–Crippen LogP) is 1.95. The number of nitrogens with zero attached hydrogens (tertiary/aromatic N) is 2. The van der Waals surface area contributed by atoms with Gasteiger partial charge in [-0.1, -0.05) is 0 Å². The number of aromatic nitrogens is 1. The summed E-state index contributed by atoms with van der Waals surface area (Å²) in [5.74, 6) is 1.11. The van der Waals surface area contributed by atoms with E-state index in [1.807, 2.05) is 6.20 Å². The van der Waals surface area contributed by atoms with Crippen LogP contribution in [0.4, 0.5) is 5.82 Å². The van der Waals surface area contributed by atoms with Crippen LogP contribution >= 0.6 is 0 Å². The van der Waals surface area contributed by atoms with Gasteiger partial charge < -0.3 is 15.0 Å². The molecular weight excluding hydrogens is 238 g/mol. The van der Waals surface area contributed by atoms with Crippen molar-refractivity contribution in [3.05, 3.63) is 23.9 Å². The molecule has 1 aromatic heterocycles. The average Bonchev–Trinajstić information content (AvgIpc) is 3.30. The lowest BCUT2D eigenvalue weighted by Crippen LogP contribution is -2.30. The van der Waals surface area contributed by atoms with Crippen molar-refractivity contribution >= 4 is 5.82 Å². The molecule has 4 nitrogen and oxygen atoms in total. The zero-order valence-corrected chi connectivity index (χ0v) is 11.6. The fraction of sp³-hybridized carbons (Fsp3) is 0.667. The highest BCUT2D eigenvalue weighted by Gasteiger charge is 2.29. The van der Waals surface area contributed by atoms with Crippen LogP contribution in [0.5, 0.6) is 0 Å². The molecule has 0 atom stereocenters. The van der Waals surface area contributed by atoms with Crippen molar-refractivity contribution in [1.29, 1.82) is 0 Å². The quantitative estimate of drug-likeness (QED) is 0.776. The minimum atomic E-state index is 0.675. The Bertz CT molecular complexity index is 416. The number of methoxy groups -OCH3 is 1. The summed E-state index contributed by atoms with van der Waals surface area (Å²) in [5.41, 5.74) is 1.33. The first kappa shape index (κ1) is 12.9. The van der Waals surface area contributed by atoms with Crippen LogP contribution in [0, 0.1) is 0 Å². The standard InChI is InChI=1S/C15H23N3O/c1-19-9-8-18(14-4-5-14)15-10-12(6-7-16-15)11-17-13-2-3-13/h6-7,10,13-14,17H,2-5,8-9,11H2,1H3. The minimum Gasteiger partial charge on any atom is -0.383 e. The topological polar surface area (TPSA) is 37.4 Å². The lowest BCUT2D eigenvalue weighted by atomic mass is 10.2. The third kappa shape index (κ3) is 3.67. The lowest BCUT2D eigenvalue weighted by Gasteiger charge is -2.23. The molecule has 0 aliphatic heterocycles. The maximum absolute atomic E-state index is 5.21. The molecule has 0 spiro atoms. The van der Waals surface area contributed by atoms with E-state index in [1.165, 1.54) is 31.2 Å². The van der Waals surface area contributed by atoms with Crippen LogP contribution in [0.15, 0.2) is 18.3 Å². The summed E-state index contributed by atoms with van der Waals surface area (Å²) in [6.45, 7) is 2.67. The largest absolute Gasteiger partial charge is 0.383 e. The van der Waals surface area contributed by atoms with Crippen LogP contribution in [0.2, 0.25) is 0 Å². The summed E-state index contributed by atoms with van der Waals surface area (Å²) in [7, 11) is 1.76. The number of nitrogens with one attached hydrogen (secondary N) is 1. The Labute approximate surface area is 115 Å². The van der Waals surface area contributed by atoms with Crippen LogP contribution in [-0.4, -0.2) is 37.3 Å². The van der Waals surface area contributed by atoms with Gasteiger partial charge >= 0.3 is 0 Å². The van der Waals surface area contributed by atoms with Gasteiger partial charge in [-0.3, -0.25) is 0 Å². The minimum absolute atomic E-state index is 0.675. The Hall–Kier alpha value is -1.13. The third-order valence-electron chi connectivity index (χ3n) is 3.80. The van der Waals surface area contributed by atoms with E-state index in [2.05, 4.69) is 27.3 Å². The SMILES string of the molecule is COCCN(c1cc(CNC2CC2)ccn1)C1CC1. The Morgan fingerprint density at radius 3 is 2.89 bits per heavy atom. The van der Waals surface area contributed by atoms with Gasteiger partial charge in [-0.2, -0.15) is 0 Å². The number of anilines is 1. The van der Waals surface area contributed by atoms with Gasteiger partial charge in [0, 0.05) is 38.5 Å². The third-order valence-corrected chi connectivity index (χ3v) is 3.80. The molecule has 1 aromatic rings. The normalized spacial score (nSPS) is 18.6. The van der Waals surface area contributed by atoms with Gasteiger partial charge in [-0.15, -0.1) is 0 Å². The number of hydrogen-bond donors (Lipinski definition) is 1. The van der Waals surface area contributed by atoms with Crippen molar-refractivity contribution in [3.8, 4) is 0 Å². The molecule has 19 heavy (non-hydrogen) atoms. The van der Waals surface area contributed by atoms with Gasteiger partial charge in [-0.05, 0) is 43.4 Å². The Balaban J connectivity index is 1.64. The zero-order valence-electron chi connectivity index (χ0n) is 11.6. The smallest absolute Gasteiger partial charge is 0.129 e. The van der Waals surface area contributed by atoms with Crippen molar-refractivity contribution in [2.45, 2.75) is 44.3 Å². The summed E-state index contributed by atoms with van der Waals surface area (Å²) in [4.78, 5) is 6.93. The summed E-state index contributed by atoms with van der Waals surface area (Å²) < 4.78 is 5.21. The fourth-order valence-electron chi connectivity index (χ4n) is 2.34. The molecule has 4 heteroatoms. The molecule has 2 saturated carbocycles. The predicted molar refractivity (Wildman–Crippen MR) is 76.3 cm³/mol. The molecule has 2 aliphatic carbocycles. The monoisotopic (exact) mass is 261 g/mol. The zero-order chi connectivity index (χ0) is 13.1. The molecule has 2 aliphatic rings. The highest BCUT2D eigenvalue weighted by molar-refractivity contribution is 5.43. The molecule has 0 unspecified atom stereocenters. The molecule has 0 radical (unpaired) electrons. The van der Waals surface area contributed by atoms with Crippen molar-refractivity contribution in [2.24, 2.45) is 0 Å². The first-order chi connectivity index (χ1) is 9.36. The Morgan fingerprint density at radius 2 is 2.21 bits per heavy atom. The molecule has 1 heterocycles. The fourth-order valence-corrected chi connectivity index (χ4v) is 2.34. The van der Waals surface area contributed by atoms with Gasteiger partial charge in [0.25, 0.3) is 0 Å². The molecule has 2 fully saturated rings. The first-order valence-electron chi connectivity index (χ1n) is 7.30. The number of pyridine rings is 1. The van der Waals surface area contributed by atoms with E-state index in [-0.39, 0.29) is 0 Å². The van der Waals surface area contributed by atoms with Crippen LogP contribution in [0.1, 0.15) is 31.2 Å². The highest BCUT2D eigenvalue weighted by atomic mass is 16.5. The number of rotatable bonds is 8. The maximum atomic E-state index is 5.21. The van der Waals surface area contributed by atoms with Gasteiger partial charge in [0.1, 0.15) is 5.82 Å². The van der Waals surface area contributed by atoms with Crippen molar-refractivity contribution in [2.75, 3.05) is 25.2 Å². The van der Waals surface area contributed by atoms with E-state index in [0.717, 1.165) is 31.6 Å². The molecular formula is C15H23N3O. The van der Waals surface area contributed by atoms with Gasteiger partial charge in [0.2, 0.25) is 0 Å². The number of hydrogen-bond acceptors (Lipinski definition) is 4. The van der Waals surface area contributed by atoms with E-state index < -0.39 is 0 Å². The second kappa shape index (κ2) is 5.88. The summed E-state index contributed by atoms with van der Waals surface area (Å²) >= 11 is 0. The van der Waals surface area contributed by atoms with E-state index in [1.54, 1.807) is 7.11 Å².